The number of nitrogens with one attached hydrogen (secondary N) is 1. The van der Waals surface area contributed by atoms with Crippen LogP contribution in [-0.2, 0) is 19.2 Å². The second-order valence-electron chi connectivity index (χ2n) is 3.75. The lowest BCUT2D eigenvalue weighted by Gasteiger charge is -2.23. The molecule has 0 fully saturated rings. The Kier molecular flexibility index (Phi) is 7.77. The number of carbonyl (C=O) groups excluding carboxylic acids is 2. The van der Waals surface area contributed by atoms with E-state index in [9.17, 15) is 19.2 Å². The lowest BCUT2D eigenvalue weighted by atomic mass is 10.2. The molecule has 0 saturated carbocycles. The van der Waals surface area contributed by atoms with E-state index in [0.717, 1.165) is 16.8 Å². The third-order valence-corrected chi connectivity index (χ3v) is 3.01. The molecule has 0 heterocycles. The Bertz CT molecular complexity index is 373. The molecule has 0 aromatic rings. The highest BCUT2D eigenvalue weighted by Gasteiger charge is 2.23. The number of carboxylic acids is 2. The van der Waals surface area contributed by atoms with E-state index in [4.69, 9.17) is 10.2 Å². The molecular formula is C10H16N2O6S. The third-order valence-electron chi connectivity index (χ3n) is 1.94. The van der Waals surface area contributed by atoms with E-state index >= 15 is 0 Å². The number of hydrogen-bond acceptors (Lipinski definition) is 6. The number of hydrazine groups is 1. The van der Waals surface area contributed by atoms with Crippen LogP contribution in [0.25, 0.3) is 0 Å². The van der Waals surface area contributed by atoms with Gasteiger partial charge in [-0.15, -0.1) is 0 Å². The summed E-state index contributed by atoms with van der Waals surface area (Å²) in [5.74, 6) is -3.45. The van der Waals surface area contributed by atoms with Crippen molar-refractivity contribution in [2.75, 3.05) is 18.8 Å². The second-order valence-corrected chi connectivity index (χ2v) is 4.95. The van der Waals surface area contributed by atoms with E-state index in [1.807, 2.05) is 0 Å². The summed E-state index contributed by atoms with van der Waals surface area (Å²) in [5.41, 5.74) is 2.23. The van der Waals surface area contributed by atoms with Crippen LogP contribution in [0.5, 0.6) is 0 Å². The SMILES string of the molecule is CC(=O)SC[C@@H](C)C(=O)N(CC(=O)O)NCC(=O)O. The van der Waals surface area contributed by atoms with Gasteiger partial charge >= 0.3 is 11.9 Å². The van der Waals surface area contributed by atoms with E-state index < -0.39 is 36.9 Å². The highest BCUT2D eigenvalue weighted by molar-refractivity contribution is 8.13. The van der Waals surface area contributed by atoms with E-state index in [1.165, 1.54) is 13.8 Å². The highest BCUT2D eigenvalue weighted by Crippen LogP contribution is 2.11. The summed E-state index contributed by atoms with van der Waals surface area (Å²) < 4.78 is 0. The van der Waals surface area contributed by atoms with Crippen molar-refractivity contribution in [1.29, 1.82) is 0 Å². The lowest BCUT2D eigenvalue weighted by molar-refractivity contribution is -0.150. The zero-order valence-corrected chi connectivity index (χ0v) is 11.4. The Morgan fingerprint density at radius 3 is 2.21 bits per heavy atom. The molecule has 0 aliphatic carbocycles. The van der Waals surface area contributed by atoms with Gasteiger partial charge in [0.1, 0.15) is 13.1 Å². The predicted octanol–water partition coefficient (Wildman–Crippen LogP) is -0.595. The first kappa shape index (κ1) is 17.4. The summed E-state index contributed by atoms with van der Waals surface area (Å²) in [4.78, 5) is 43.7. The minimum absolute atomic E-state index is 0.150. The minimum atomic E-state index is -1.27. The zero-order valence-electron chi connectivity index (χ0n) is 10.6. The molecule has 0 radical (unpaired) electrons. The summed E-state index contributed by atoms with van der Waals surface area (Å²) in [5, 5.41) is 17.7. The largest absolute Gasteiger partial charge is 0.480 e. The monoisotopic (exact) mass is 292 g/mol. The van der Waals surface area contributed by atoms with Crippen molar-refractivity contribution < 1.29 is 29.4 Å². The maximum atomic E-state index is 11.9. The van der Waals surface area contributed by atoms with Crippen LogP contribution in [0.15, 0.2) is 0 Å². The summed E-state index contributed by atoms with van der Waals surface area (Å²) in [7, 11) is 0. The lowest BCUT2D eigenvalue weighted by Crippen LogP contribution is -2.50. The van der Waals surface area contributed by atoms with E-state index in [1.54, 1.807) is 0 Å². The van der Waals surface area contributed by atoms with Crippen LogP contribution in [-0.4, -0.2) is 57.0 Å². The molecule has 0 aromatic carbocycles. The first-order valence-electron chi connectivity index (χ1n) is 5.35. The van der Waals surface area contributed by atoms with E-state index in [2.05, 4.69) is 5.43 Å². The fourth-order valence-electron chi connectivity index (χ4n) is 1.09. The number of carboxylic acid groups (broad SMARTS) is 2. The molecule has 1 atom stereocenters. The van der Waals surface area contributed by atoms with Gasteiger partial charge in [-0.05, 0) is 0 Å². The fourth-order valence-corrected chi connectivity index (χ4v) is 1.72. The third kappa shape index (κ3) is 8.16. The Balaban J connectivity index is 4.54. The van der Waals surface area contributed by atoms with E-state index in [0.29, 0.717) is 0 Å². The molecule has 0 aliphatic rings. The van der Waals surface area contributed by atoms with Crippen LogP contribution in [0.4, 0.5) is 0 Å². The number of hydrogen-bond donors (Lipinski definition) is 3. The van der Waals surface area contributed by atoms with Crippen molar-refractivity contribution in [2.24, 2.45) is 5.92 Å². The van der Waals surface area contributed by atoms with Gasteiger partial charge in [0.05, 0.1) is 0 Å². The molecule has 0 unspecified atom stereocenters. The number of carbonyl (C=O) groups is 4. The molecular weight excluding hydrogens is 276 g/mol. The van der Waals surface area contributed by atoms with Crippen molar-refractivity contribution in [2.45, 2.75) is 13.8 Å². The van der Waals surface area contributed by atoms with Gasteiger partial charge < -0.3 is 10.2 Å². The maximum Gasteiger partial charge on any atom is 0.324 e. The van der Waals surface area contributed by atoms with Gasteiger partial charge in [-0.3, -0.25) is 24.2 Å². The molecule has 0 spiro atoms. The Morgan fingerprint density at radius 2 is 1.79 bits per heavy atom. The number of aliphatic carboxylic acids is 2. The number of thioether (sulfide) groups is 1. The van der Waals surface area contributed by atoms with Crippen LogP contribution < -0.4 is 5.43 Å². The summed E-state index contributed by atoms with van der Waals surface area (Å²) in [6.07, 6.45) is 0. The summed E-state index contributed by atoms with van der Waals surface area (Å²) in [6.45, 7) is 1.68. The highest BCUT2D eigenvalue weighted by atomic mass is 32.2. The molecule has 0 aliphatic heterocycles. The van der Waals surface area contributed by atoms with Crippen molar-refractivity contribution >= 4 is 34.7 Å². The average Bonchev–Trinajstić information content (AvgIpc) is 2.29. The van der Waals surface area contributed by atoms with Crippen LogP contribution in [0, 0.1) is 5.92 Å². The first-order valence-corrected chi connectivity index (χ1v) is 6.34. The van der Waals surface area contributed by atoms with Crippen molar-refractivity contribution in [1.82, 2.24) is 10.4 Å². The Labute approximate surface area is 114 Å². The predicted molar refractivity (Wildman–Crippen MR) is 67.3 cm³/mol. The number of amides is 1. The minimum Gasteiger partial charge on any atom is -0.480 e. The van der Waals surface area contributed by atoms with Crippen LogP contribution in [0.2, 0.25) is 0 Å². The fraction of sp³-hybridized carbons (Fsp3) is 0.600. The number of rotatable bonds is 8. The average molecular weight is 292 g/mol. The molecule has 0 aromatic heterocycles. The van der Waals surface area contributed by atoms with Crippen molar-refractivity contribution in [3.63, 3.8) is 0 Å². The quantitative estimate of drug-likeness (QED) is 0.507. The van der Waals surface area contributed by atoms with Crippen molar-refractivity contribution in [3.05, 3.63) is 0 Å². The first-order chi connectivity index (χ1) is 8.73. The van der Waals surface area contributed by atoms with Crippen LogP contribution >= 0.6 is 11.8 Å². The maximum absolute atomic E-state index is 11.9. The molecule has 108 valence electrons. The van der Waals surface area contributed by atoms with Gasteiger partial charge in [0.2, 0.25) is 5.91 Å². The normalized spacial score (nSPS) is 11.7. The molecule has 9 heteroatoms. The van der Waals surface area contributed by atoms with Crippen molar-refractivity contribution in [3.8, 4) is 0 Å². The van der Waals surface area contributed by atoms with Gasteiger partial charge in [0, 0.05) is 18.6 Å². The van der Waals surface area contributed by atoms with Gasteiger partial charge in [-0.1, -0.05) is 18.7 Å². The molecule has 0 bridgehead atoms. The van der Waals surface area contributed by atoms with Gasteiger partial charge in [-0.25, -0.2) is 5.43 Å². The van der Waals surface area contributed by atoms with Gasteiger partial charge in [0.25, 0.3) is 0 Å². The molecule has 0 saturated heterocycles. The van der Waals surface area contributed by atoms with Crippen LogP contribution in [0.3, 0.4) is 0 Å². The number of nitrogens with zero attached hydrogens (tertiary/aromatic N) is 1. The molecule has 3 N–H and O–H groups in total. The standard InChI is InChI=1S/C10H16N2O6S/c1-6(5-19-7(2)13)10(18)12(4-9(16)17)11-3-8(14)15/h6,11H,3-5H2,1-2H3,(H,14,15)(H,16,17)/t6-/m1/s1. The molecule has 0 rings (SSSR count). The van der Waals surface area contributed by atoms with E-state index in [-0.39, 0.29) is 10.9 Å². The van der Waals surface area contributed by atoms with Crippen LogP contribution in [0.1, 0.15) is 13.8 Å². The summed E-state index contributed by atoms with van der Waals surface area (Å²) >= 11 is 0.950. The molecule has 19 heavy (non-hydrogen) atoms. The smallest absolute Gasteiger partial charge is 0.324 e. The topological polar surface area (TPSA) is 124 Å². The second kappa shape index (κ2) is 8.48. The zero-order chi connectivity index (χ0) is 15.0. The molecule has 8 nitrogen and oxygen atoms in total. The van der Waals surface area contributed by atoms with Gasteiger partial charge in [-0.2, -0.15) is 0 Å². The summed E-state index contributed by atoms with van der Waals surface area (Å²) in [6, 6.07) is 0. The Morgan fingerprint density at radius 1 is 1.21 bits per heavy atom. The van der Waals surface area contributed by atoms with Gasteiger partial charge in [0.15, 0.2) is 5.12 Å². The molecule has 1 amide bonds. The Hall–Kier alpha value is -1.61.